The number of benzene rings is 2. The minimum absolute atomic E-state index is 0.0499. The van der Waals surface area contributed by atoms with Crippen molar-refractivity contribution in [2.24, 2.45) is 0 Å². The summed E-state index contributed by atoms with van der Waals surface area (Å²) in [5.41, 5.74) is 4.42. The standard InChI is InChI=1S/C19H21N3O/c23-19-21-13-16-4-1-2-7-18(16)22(19)17-6-3-5-15(12-17)14-8-10-20-11-9-14/h1-7,12,14,20H,8-11,13H2,(H,21,23). The molecule has 0 aliphatic carbocycles. The molecule has 2 aromatic carbocycles. The van der Waals surface area contributed by atoms with Gasteiger partial charge in [-0.25, -0.2) is 4.79 Å². The highest BCUT2D eigenvalue weighted by Crippen LogP contribution is 2.34. The van der Waals surface area contributed by atoms with Crippen LogP contribution in [-0.4, -0.2) is 19.1 Å². The van der Waals surface area contributed by atoms with E-state index in [1.165, 1.54) is 5.56 Å². The molecule has 4 nitrogen and oxygen atoms in total. The van der Waals surface area contributed by atoms with Crippen LogP contribution in [0.15, 0.2) is 48.5 Å². The van der Waals surface area contributed by atoms with Crippen molar-refractivity contribution in [1.29, 1.82) is 0 Å². The maximum absolute atomic E-state index is 12.4. The number of carbonyl (C=O) groups is 1. The number of nitrogens with zero attached hydrogens (tertiary/aromatic N) is 1. The van der Waals surface area contributed by atoms with Crippen molar-refractivity contribution in [3.05, 3.63) is 59.7 Å². The van der Waals surface area contributed by atoms with Crippen molar-refractivity contribution in [1.82, 2.24) is 10.6 Å². The number of piperidine rings is 1. The number of amides is 2. The summed E-state index contributed by atoms with van der Waals surface area (Å²) in [4.78, 5) is 14.2. The van der Waals surface area contributed by atoms with Crippen molar-refractivity contribution in [2.45, 2.75) is 25.3 Å². The molecule has 0 aromatic heterocycles. The molecule has 4 heteroatoms. The topological polar surface area (TPSA) is 44.4 Å². The fourth-order valence-corrected chi connectivity index (χ4v) is 3.57. The average molecular weight is 307 g/mol. The van der Waals surface area contributed by atoms with Gasteiger partial charge in [0.1, 0.15) is 0 Å². The number of fused-ring (bicyclic) bond motifs is 1. The van der Waals surface area contributed by atoms with E-state index < -0.39 is 0 Å². The predicted octanol–water partition coefficient (Wildman–Crippen LogP) is 3.51. The second kappa shape index (κ2) is 6.05. The first kappa shape index (κ1) is 14.3. The monoisotopic (exact) mass is 307 g/mol. The maximum Gasteiger partial charge on any atom is 0.326 e. The smallest absolute Gasteiger partial charge is 0.326 e. The SMILES string of the molecule is O=C1NCc2ccccc2N1c1cccc(C2CCNCC2)c1. The lowest BCUT2D eigenvalue weighted by Crippen LogP contribution is -2.41. The number of hydrogen-bond donors (Lipinski definition) is 2. The van der Waals surface area contributed by atoms with E-state index in [0.29, 0.717) is 12.5 Å². The molecule has 1 fully saturated rings. The zero-order valence-electron chi connectivity index (χ0n) is 13.1. The zero-order valence-corrected chi connectivity index (χ0v) is 13.1. The molecule has 118 valence electrons. The zero-order chi connectivity index (χ0) is 15.6. The molecule has 2 N–H and O–H groups in total. The van der Waals surface area contributed by atoms with E-state index >= 15 is 0 Å². The largest absolute Gasteiger partial charge is 0.333 e. The van der Waals surface area contributed by atoms with Gasteiger partial charge in [0.25, 0.3) is 0 Å². The molecule has 2 aliphatic rings. The summed E-state index contributed by atoms with van der Waals surface area (Å²) in [6.45, 7) is 2.74. The van der Waals surface area contributed by atoms with Crippen LogP contribution in [0.5, 0.6) is 0 Å². The number of hydrogen-bond acceptors (Lipinski definition) is 2. The van der Waals surface area contributed by atoms with Gasteiger partial charge in [-0.1, -0.05) is 30.3 Å². The molecule has 0 radical (unpaired) electrons. The van der Waals surface area contributed by atoms with Gasteiger partial charge in [0.05, 0.1) is 11.4 Å². The molecule has 2 aromatic rings. The van der Waals surface area contributed by atoms with Crippen LogP contribution in [0, 0.1) is 0 Å². The normalized spacial score (nSPS) is 18.4. The van der Waals surface area contributed by atoms with Crippen molar-refractivity contribution in [3.63, 3.8) is 0 Å². The Morgan fingerprint density at radius 1 is 1.00 bits per heavy atom. The van der Waals surface area contributed by atoms with Gasteiger partial charge < -0.3 is 10.6 Å². The molecule has 2 aliphatic heterocycles. The first-order valence-corrected chi connectivity index (χ1v) is 8.29. The molecule has 0 bridgehead atoms. The van der Waals surface area contributed by atoms with Crippen LogP contribution in [0.3, 0.4) is 0 Å². The molecule has 2 amide bonds. The number of para-hydroxylation sites is 1. The molecule has 23 heavy (non-hydrogen) atoms. The van der Waals surface area contributed by atoms with Crippen LogP contribution < -0.4 is 15.5 Å². The summed E-state index contributed by atoms with van der Waals surface area (Å²) < 4.78 is 0. The minimum Gasteiger partial charge on any atom is -0.333 e. The van der Waals surface area contributed by atoms with E-state index in [2.05, 4.69) is 34.9 Å². The summed E-state index contributed by atoms with van der Waals surface area (Å²) >= 11 is 0. The van der Waals surface area contributed by atoms with Gasteiger partial charge in [-0.2, -0.15) is 0 Å². The number of urea groups is 1. The number of anilines is 2. The Labute approximate surface area is 136 Å². The molecule has 0 saturated carbocycles. The molecule has 4 rings (SSSR count). The lowest BCUT2D eigenvalue weighted by molar-refractivity contribution is 0.247. The van der Waals surface area contributed by atoms with E-state index in [-0.39, 0.29) is 6.03 Å². The quantitative estimate of drug-likeness (QED) is 0.891. The summed E-state index contributed by atoms with van der Waals surface area (Å²) in [7, 11) is 0. The van der Waals surface area contributed by atoms with Gasteiger partial charge in [-0.05, 0) is 61.2 Å². The average Bonchev–Trinajstić information content (AvgIpc) is 2.62. The Morgan fingerprint density at radius 3 is 2.70 bits per heavy atom. The first-order chi connectivity index (χ1) is 11.3. The van der Waals surface area contributed by atoms with Gasteiger partial charge in [-0.3, -0.25) is 4.90 Å². The predicted molar refractivity (Wildman–Crippen MR) is 92.1 cm³/mol. The van der Waals surface area contributed by atoms with Crippen LogP contribution in [0.25, 0.3) is 0 Å². The van der Waals surface area contributed by atoms with E-state index in [9.17, 15) is 4.79 Å². The van der Waals surface area contributed by atoms with E-state index in [0.717, 1.165) is 42.9 Å². The Hall–Kier alpha value is -2.33. The minimum atomic E-state index is -0.0499. The Kier molecular flexibility index (Phi) is 3.75. The van der Waals surface area contributed by atoms with Gasteiger partial charge in [-0.15, -0.1) is 0 Å². The summed E-state index contributed by atoms with van der Waals surface area (Å²) in [6, 6.07) is 16.5. The molecule has 0 unspecified atom stereocenters. The maximum atomic E-state index is 12.4. The first-order valence-electron chi connectivity index (χ1n) is 8.29. The van der Waals surface area contributed by atoms with Crippen molar-refractivity contribution in [3.8, 4) is 0 Å². The third-order valence-electron chi connectivity index (χ3n) is 4.80. The van der Waals surface area contributed by atoms with Crippen LogP contribution >= 0.6 is 0 Å². The molecule has 2 heterocycles. The number of carbonyl (C=O) groups excluding carboxylic acids is 1. The second-order valence-corrected chi connectivity index (χ2v) is 6.24. The highest BCUT2D eigenvalue weighted by molar-refractivity contribution is 6.01. The summed E-state index contributed by atoms with van der Waals surface area (Å²) in [6.07, 6.45) is 2.32. The Morgan fingerprint density at radius 2 is 1.83 bits per heavy atom. The molecular weight excluding hydrogens is 286 g/mol. The van der Waals surface area contributed by atoms with Gasteiger partial charge in [0, 0.05) is 6.54 Å². The van der Waals surface area contributed by atoms with Crippen LogP contribution in [0.4, 0.5) is 16.2 Å². The van der Waals surface area contributed by atoms with Crippen LogP contribution in [-0.2, 0) is 6.54 Å². The lowest BCUT2D eigenvalue weighted by Gasteiger charge is -2.31. The highest BCUT2D eigenvalue weighted by atomic mass is 16.2. The van der Waals surface area contributed by atoms with Crippen molar-refractivity contribution in [2.75, 3.05) is 18.0 Å². The number of rotatable bonds is 2. The van der Waals surface area contributed by atoms with Gasteiger partial charge >= 0.3 is 6.03 Å². The van der Waals surface area contributed by atoms with E-state index in [1.54, 1.807) is 4.90 Å². The molecular formula is C19H21N3O. The third-order valence-corrected chi connectivity index (χ3v) is 4.80. The lowest BCUT2D eigenvalue weighted by atomic mass is 9.90. The fraction of sp³-hybridized carbons (Fsp3) is 0.316. The third kappa shape index (κ3) is 2.70. The number of nitrogens with one attached hydrogen (secondary N) is 2. The molecule has 0 spiro atoms. The second-order valence-electron chi connectivity index (χ2n) is 6.24. The molecule has 0 atom stereocenters. The Bertz CT molecular complexity index is 722. The Balaban J connectivity index is 1.71. The van der Waals surface area contributed by atoms with Gasteiger partial charge in [0.15, 0.2) is 0 Å². The van der Waals surface area contributed by atoms with Crippen LogP contribution in [0.1, 0.15) is 29.9 Å². The van der Waals surface area contributed by atoms with Crippen LogP contribution in [0.2, 0.25) is 0 Å². The highest BCUT2D eigenvalue weighted by Gasteiger charge is 2.25. The van der Waals surface area contributed by atoms with E-state index in [4.69, 9.17) is 0 Å². The summed E-state index contributed by atoms with van der Waals surface area (Å²) in [5.74, 6) is 0.583. The van der Waals surface area contributed by atoms with Gasteiger partial charge in [0.2, 0.25) is 0 Å². The van der Waals surface area contributed by atoms with E-state index in [1.807, 2.05) is 24.3 Å². The summed E-state index contributed by atoms with van der Waals surface area (Å²) in [5, 5.41) is 6.37. The van der Waals surface area contributed by atoms with Crippen molar-refractivity contribution < 1.29 is 4.79 Å². The molecule has 1 saturated heterocycles. The fourth-order valence-electron chi connectivity index (χ4n) is 3.57. The van der Waals surface area contributed by atoms with Crippen molar-refractivity contribution >= 4 is 17.4 Å².